The fraction of sp³-hybridized carbons (Fsp3) is 0. The van der Waals surface area contributed by atoms with Crippen LogP contribution in [0.4, 0.5) is 0 Å². The molecule has 0 aliphatic rings. The van der Waals surface area contributed by atoms with Crippen LogP contribution < -0.4 is 0 Å². The van der Waals surface area contributed by atoms with Crippen molar-refractivity contribution < 1.29 is 13.5 Å². The van der Waals surface area contributed by atoms with Gasteiger partial charge < -0.3 is 0 Å². The first kappa shape index (κ1) is 12.2. The molecule has 0 unspecified atom stereocenters. The standard InChI is InChI=1S/C14H9N.2ClH.Ru/c1-10-4-2-5-11-7-8-12-6-3-9-15-14(12)13(10)11;;;/h1-9H;2*1H;/q;;;+2/p-2. The molecule has 4 heteroatoms. The van der Waals surface area contributed by atoms with E-state index in [0.29, 0.717) is 0 Å². The molecule has 18 heavy (non-hydrogen) atoms. The van der Waals surface area contributed by atoms with Gasteiger partial charge >= 0.3 is 118 Å². The Kier molecular flexibility index (Phi) is 3.43. The van der Waals surface area contributed by atoms with Gasteiger partial charge in [-0.2, -0.15) is 0 Å². The topological polar surface area (TPSA) is 12.9 Å². The Hall–Kier alpha value is -0.817. The third kappa shape index (κ3) is 2.21. The second-order valence-corrected chi connectivity index (χ2v) is 9.62. The first-order valence-electron chi connectivity index (χ1n) is 5.35. The maximum absolute atomic E-state index is 6.00. The molecule has 0 bridgehead atoms. The van der Waals surface area contributed by atoms with E-state index in [0.717, 1.165) is 21.9 Å². The van der Waals surface area contributed by atoms with E-state index >= 15 is 0 Å². The van der Waals surface area contributed by atoms with Gasteiger partial charge in [-0.05, 0) is 0 Å². The van der Waals surface area contributed by atoms with Crippen LogP contribution in [-0.4, -0.2) is 9.59 Å². The first-order chi connectivity index (χ1) is 8.75. The Morgan fingerprint density at radius 2 is 1.72 bits per heavy atom. The third-order valence-electron chi connectivity index (χ3n) is 2.83. The van der Waals surface area contributed by atoms with Gasteiger partial charge in [0.1, 0.15) is 0 Å². The van der Waals surface area contributed by atoms with Crippen molar-refractivity contribution in [3.8, 4) is 0 Å². The number of pyridine rings is 1. The summed E-state index contributed by atoms with van der Waals surface area (Å²) in [5.41, 5.74) is 2.09. The van der Waals surface area contributed by atoms with Crippen molar-refractivity contribution in [2.24, 2.45) is 0 Å². The van der Waals surface area contributed by atoms with Gasteiger partial charge in [0, 0.05) is 0 Å². The van der Waals surface area contributed by atoms with Gasteiger partial charge in [0.25, 0.3) is 0 Å². The number of benzene rings is 2. The molecule has 3 rings (SSSR count). The Balaban J connectivity index is 2.50. The normalized spacial score (nSPS) is 11.8. The van der Waals surface area contributed by atoms with E-state index in [2.05, 4.69) is 29.2 Å². The van der Waals surface area contributed by atoms with Crippen molar-refractivity contribution in [3.63, 3.8) is 0 Å². The Bertz CT molecular complexity index is 764. The predicted octanol–water partition coefficient (Wildman–Crippen LogP) is 4.46. The zero-order chi connectivity index (χ0) is 12.5. The summed E-state index contributed by atoms with van der Waals surface area (Å²) in [6, 6.07) is 14.4. The summed E-state index contributed by atoms with van der Waals surface area (Å²) < 4.78 is 1.98. The molecule has 1 heterocycles. The molecule has 0 amide bonds. The van der Waals surface area contributed by atoms with E-state index in [4.69, 9.17) is 19.4 Å². The van der Waals surface area contributed by atoms with E-state index < -0.39 is 13.5 Å². The Morgan fingerprint density at radius 3 is 2.56 bits per heavy atom. The summed E-state index contributed by atoms with van der Waals surface area (Å²) in [5, 5.41) is 3.43. The maximum atomic E-state index is 6.00. The van der Waals surface area contributed by atoms with Crippen molar-refractivity contribution in [2.45, 2.75) is 0 Å². The van der Waals surface area contributed by atoms with Crippen molar-refractivity contribution >= 4 is 45.7 Å². The van der Waals surface area contributed by atoms with Crippen LogP contribution in [0.1, 0.15) is 5.56 Å². The fourth-order valence-electron chi connectivity index (χ4n) is 2.11. The van der Waals surface area contributed by atoms with Gasteiger partial charge in [-0.3, -0.25) is 0 Å². The molecule has 1 aromatic heterocycles. The van der Waals surface area contributed by atoms with Crippen LogP contribution in [0.2, 0.25) is 0 Å². The number of hydrogen-bond acceptors (Lipinski definition) is 1. The van der Waals surface area contributed by atoms with E-state index in [9.17, 15) is 0 Å². The first-order valence-corrected chi connectivity index (χ1v) is 10.8. The molecule has 1 nitrogen and oxygen atoms in total. The molecule has 3 aromatic rings. The van der Waals surface area contributed by atoms with Gasteiger partial charge in [-0.25, -0.2) is 0 Å². The Labute approximate surface area is 118 Å². The van der Waals surface area contributed by atoms with Crippen molar-refractivity contribution in [1.29, 1.82) is 0 Å². The molecule has 2 aromatic carbocycles. The summed E-state index contributed by atoms with van der Waals surface area (Å²) in [4.78, 5) is 4.49. The van der Waals surface area contributed by atoms with Gasteiger partial charge in [0.2, 0.25) is 0 Å². The number of fused-ring (bicyclic) bond motifs is 3. The van der Waals surface area contributed by atoms with Gasteiger partial charge in [0.05, 0.1) is 0 Å². The monoisotopic (exact) mass is 363 g/mol. The van der Waals surface area contributed by atoms with Crippen LogP contribution in [0.15, 0.2) is 48.7 Å². The molecular formula is C14H9Cl2NRu. The van der Waals surface area contributed by atoms with Crippen molar-refractivity contribution in [1.82, 2.24) is 4.98 Å². The molecular weight excluding hydrogens is 354 g/mol. The molecule has 0 atom stereocenters. The zero-order valence-corrected chi connectivity index (χ0v) is 12.5. The second kappa shape index (κ2) is 5.05. The zero-order valence-electron chi connectivity index (χ0n) is 9.25. The average molecular weight is 363 g/mol. The summed E-state index contributed by atoms with van der Waals surface area (Å²) in [6.07, 6.45) is 1.81. The second-order valence-electron chi connectivity index (χ2n) is 3.89. The van der Waals surface area contributed by atoms with E-state index in [1.165, 1.54) is 5.39 Å². The quantitative estimate of drug-likeness (QED) is 0.459. The van der Waals surface area contributed by atoms with Crippen LogP contribution in [0.3, 0.4) is 0 Å². The SMILES string of the molecule is [Cl][Ru]([Cl])=[CH]c1cccc2ccc3cccnc3c12. The number of hydrogen-bond donors (Lipinski definition) is 0. The third-order valence-corrected chi connectivity index (χ3v) is 4.67. The molecule has 0 saturated heterocycles. The fourth-order valence-corrected chi connectivity index (χ4v) is 3.92. The predicted molar refractivity (Wildman–Crippen MR) is 76.1 cm³/mol. The van der Waals surface area contributed by atoms with Gasteiger partial charge in [-0.15, -0.1) is 0 Å². The number of aromatic nitrogens is 1. The van der Waals surface area contributed by atoms with Crippen LogP contribution >= 0.6 is 19.4 Å². The van der Waals surface area contributed by atoms with E-state index in [1.807, 2.05) is 29.0 Å². The van der Waals surface area contributed by atoms with Crippen molar-refractivity contribution in [2.75, 3.05) is 0 Å². The van der Waals surface area contributed by atoms with Crippen molar-refractivity contribution in [3.05, 3.63) is 54.2 Å². The molecule has 0 fully saturated rings. The molecule has 0 N–H and O–H groups in total. The van der Waals surface area contributed by atoms with Crippen LogP contribution in [0.25, 0.3) is 21.7 Å². The summed E-state index contributed by atoms with van der Waals surface area (Å²) >= 11 is -1.83. The van der Waals surface area contributed by atoms with Gasteiger partial charge in [0.15, 0.2) is 0 Å². The Morgan fingerprint density at radius 1 is 0.944 bits per heavy atom. The molecule has 0 spiro atoms. The summed E-state index contributed by atoms with van der Waals surface area (Å²) in [5.74, 6) is 0. The molecule has 0 radical (unpaired) electrons. The number of halogens is 2. The van der Waals surface area contributed by atoms with E-state index in [-0.39, 0.29) is 0 Å². The van der Waals surface area contributed by atoms with Crippen LogP contribution in [0, 0.1) is 0 Å². The number of rotatable bonds is 1. The molecule has 0 saturated carbocycles. The average Bonchev–Trinajstić information content (AvgIpc) is 2.38. The van der Waals surface area contributed by atoms with Crippen LogP contribution in [0.5, 0.6) is 0 Å². The summed E-state index contributed by atoms with van der Waals surface area (Å²) in [7, 11) is 12.0. The van der Waals surface area contributed by atoms with E-state index in [1.54, 1.807) is 0 Å². The van der Waals surface area contributed by atoms with Crippen LogP contribution in [-0.2, 0) is 13.5 Å². The number of nitrogens with zero attached hydrogens (tertiary/aromatic N) is 1. The minimum atomic E-state index is -1.83. The van der Waals surface area contributed by atoms with Gasteiger partial charge in [-0.1, -0.05) is 0 Å². The molecule has 0 aliphatic heterocycles. The molecule has 92 valence electrons. The molecule has 0 aliphatic carbocycles. The minimum absolute atomic E-state index is 1.01. The summed E-state index contributed by atoms with van der Waals surface area (Å²) in [6.45, 7) is 0.